The molecule has 0 aromatic heterocycles. The highest BCUT2D eigenvalue weighted by Gasteiger charge is 2.15. The SMILES string of the molecule is CN/C=C(/CC(C)(C)N)c1cccc(-c2cccc(C(C)=O)c2)c1. The second-order valence-corrected chi connectivity index (χ2v) is 6.84. The predicted octanol–water partition coefficient (Wildman–Crippen LogP) is 4.24. The number of ketones is 1. The van der Waals surface area contributed by atoms with Gasteiger partial charge in [-0.15, -0.1) is 0 Å². The maximum absolute atomic E-state index is 11.6. The Kier molecular flexibility index (Phi) is 5.58. The number of nitrogens with one attached hydrogen (secondary N) is 1. The first-order valence-electron chi connectivity index (χ1n) is 8.17. The average Bonchev–Trinajstić information content (AvgIpc) is 2.53. The monoisotopic (exact) mass is 322 g/mol. The van der Waals surface area contributed by atoms with E-state index in [-0.39, 0.29) is 11.3 Å². The van der Waals surface area contributed by atoms with Crippen LogP contribution in [0.3, 0.4) is 0 Å². The Labute approximate surface area is 144 Å². The van der Waals surface area contributed by atoms with Crippen LogP contribution in [0.15, 0.2) is 54.7 Å². The van der Waals surface area contributed by atoms with Crippen LogP contribution in [0.4, 0.5) is 0 Å². The first kappa shape index (κ1) is 18.0. The van der Waals surface area contributed by atoms with Crippen LogP contribution in [0.25, 0.3) is 16.7 Å². The zero-order valence-electron chi connectivity index (χ0n) is 14.9. The number of carbonyl (C=O) groups is 1. The molecule has 3 nitrogen and oxygen atoms in total. The lowest BCUT2D eigenvalue weighted by atomic mass is 9.90. The lowest BCUT2D eigenvalue weighted by Gasteiger charge is -2.21. The summed E-state index contributed by atoms with van der Waals surface area (Å²) in [6.45, 7) is 5.64. The van der Waals surface area contributed by atoms with E-state index in [0.717, 1.165) is 34.2 Å². The minimum absolute atomic E-state index is 0.0775. The van der Waals surface area contributed by atoms with Crippen molar-refractivity contribution in [2.75, 3.05) is 7.05 Å². The van der Waals surface area contributed by atoms with E-state index in [1.807, 2.05) is 57.4 Å². The lowest BCUT2D eigenvalue weighted by molar-refractivity contribution is 0.101. The molecule has 2 rings (SSSR count). The average molecular weight is 322 g/mol. The van der Waals surface area contributed by atoms with Gasteiger partial charge in [0.25, 0.3) is 0 Å². The largest absolute Gasteiger partial charge is 0.394 e. The maximum atomic E-state index is 11.6. The van der Waals surface area contributed by atoms with E-state index in [9.17, 15) is 4.79 Å². The minimum atomic E-state index is -0.284. The predicted molar refractivity (Wildman–Crippen MR) is 102 cm³/mol. The summed E-state index contributed by atoms with van der Waals surface area (Å²) >= 11 is 0. The van der Waals surface area contributed by atoms with E-state index in [2.05, 4.69) is 23.5 Å². The van der Waals surface area contributed by atoms with Crippen LogP contribution in [-0.4, -0.2) is 18.4 Å². The normalized spacial score (nSPS) is 12.1. The van der Waals surface area contributed by atoms with Gasteiger partial charge in [-0.25, -0.2) is 0 Å². The molecule has 0 spiro atoms. The van der Waals surface area contributed by atoms with Crippen LogP contribution in [0.5, 0.6) is 0 Å². The Hall–Kier alpha value is -2.39. The van der Waals surface area contributed by atoms with Crippen molar-refractivity contribution < 1.29 is 4.79 Å². The van der Waals surface area contributed by atoms with Gasteiger partial charge < -0.3 is 11.1 Å². The van der Waals surface area contributed by atoms with Crippen LogP contribution in [-0.2, 0) is 0 Å². The third kappa shape index (κ3) is 4.80. The van der Waals surface area contributed by atoms with Gasteiger partial charge in [0, 0.05) is 24.4 Å². The Morgan fingerprint density at radius 2 is 1.62 bits per heavy atom. The van der Waals surface area contributed by atoms with Gasteiger partial charge in [0.1, 0.15) is 0 Å². The molecule has 0 saturated carbocycles. The number of hydrogen-bond acceptors (Lipinski definition) is 3. The fraction of sp³-hybridized carbons (Fsp3) is 0.286. The molecule has 2 aromatic carbocycles. The summed E-state index contributed by atoms with van der Waals surface area (Å²) in [5.41, 5.74) is 11.1. The summed E-state index contributed by atoms with van der Waals surface area (Å²) in [6, 6.07) is 16.1. The summed E-state index contributed by atoms with van der Waals surface area (Å²) in [4.78, 5) is 11.6. The number of benzene rings is 2. The standard InChI is InChI=1S/C21H26N2O/c1-15(24)16-7-5-8-17(11-16)18-9-6-10-19(12-18)20(14-23-4)13-21(2,3)22/h5-12,14,23H,13,22H2,1-4H3/b20-14-. The molecule has 3 heteroatoms. The second-order valence-electron chi connectivity index (χ2n) is 6.84. The van der Waals surface area contributed by atoms with Crippen LogP contribution in [0.1, 0.15) is 43.1 Å². The van der Waals surface area contributed by atoms with Crippen molar-refractivity contribution >= 4 is 11.4 Å². The molecule has 0 fully saturated rings. The highest BCUT2D eigenvalue weighted by molar-refractivity contribution is 5.95. The van der Waals surface area contributed by atoms with Crippen molar-refractivity contribution in [1.29, 1.82) is 0 Å². The van der Waals surface area contributed by atoms with Crippen molar-refractivity contribution in [3.05, 3.63) is 65.9 Å². The zero-order chi connectivity index (χ0) is 17.7. The Balaban J connectivity index is 2.42. The fourth-order valence-corrected chi connectivity index (χ4v) is 2.72. The van der Waals surface area contributed by atoms with Crippen molar-refractivity contribution in [3.63, 3.8) is 0 Å². The smallest absolute Gasteiger partial charge is 0.159 e. The van der Waals surface area contributed by atoms with Gasteiger partial charge in [-0.3, -0.25) is 4.79 Å². The molecule has 0 heterocycles. The van der Waals surface area contributed by atoms with Gasteiger partial charge in [-0.05, 0) is 61.6 Å². The van der Waals surface area contributed by atoms with Crippen LogP contribution in [0, 0.1) is 0 Å². The Morgan fingerprint density at radius 3 is 2.12 bits per heavy atom. The molecule has 0 aliphatic heterocycles. The van der Waals surface area contributed by atoms with Crippen LogP contribution >= 0.6 is 0 Å². The first-order chi connectivity index (χ1) is 11.3. The van der Waals surface area contributed by atoms with Gasteiger partial charge in [-0.2, -0.15) is 0 Å². The minimum Gasteiger partial charge on any atom is -0.394 e. The quantitative estimate of drug-likeness (QED) is 0.782. The van der Waals surface area contributed by atoms with Gasteiger partial charge in [0.2, 0.25) is 0 Å². The molecule has 3 N–H and O–H groups in total. The van der Waals surface area contributed by atoms with Crippen molar-refractivity contribution in [2.24, 2.45) is 5.73 Å². The third-order valence-corrected chi connectivity index (χ3v) is 3.80. The van der Waals surface area contributed by atoms with Crippen LogP contribution < -0.4 is 11.1 Å². The molecule has 0 atom stereocenters. The molecule has 0 amide bonds. The van der Waals surface area contributed by atoms with E-state index in [0.29, 0.717) is 0 Å². The molecule has 24 heavy (non-hydrogen) atoms. The number of rotatable bonds is 6. The summed E-state index contributed by atoms with van der Waals surface area (Å²) in [7, 11) is 1.89. The van der Waals surface area contributed by atoms with Gasteiger partial charge >= 0.3 is 0 Å². The summed E-state index contributed by atoms with van der Waals surface area (Å²) in [5, 5.41) is 3.11. The molecule has 0 unspecified atom stereocenters. The second kappa shape index (κ2) is 7.45. The summed E-state index contributed by atoms with van der Waals surface area (Å²) < 4.78 is 0. The van der Waals surface area contributed by atoms with Gasteiger partial charge in [0.15, 0.2) is 5.78 Å². The van der Waals surface area contributed by atoms with Crippen LogP contribution in [0.2, 0.25) is 0 Å². The van der Waals surface area contributed by atoms with Crippen molar-refractivity contribution in [3.8, 4) is 11.1 Å². The lowest BCUT2D eigenvalue weighted by Crippen LogP contribution is -2.32. The van der Waals surface area contributed by atoms with Crippen molar-refractivity contribution in [1.82, 2.24) is 5.32 Å². The van der Waals surface area contributed by atoms with E-state index < -0.39 is 0 Å². The molecular weight excluding hydrogens is 296 g/mol. The van der Waals surface area contributed by atoms with E-state index in [1.54, 1.807) is 6.92 Å². The molecule has 2 aromatic rings. The molecule has 0 aliphatic rings. The van der Waals surface area contributed by atoms with E-state index in [4.69, 9.17) is 5.73 Å². The Morgan fingerprint density at radius 1 is 1.08 bits per heavy atom. The topological polar surface area (TPSA) is 55.1 Å². The number of hydrogen-bond donors (Lipinski definition) is 2. The molecule has 0 bridgehead atoms. The highest BCUT2D eigenvalue weighted by Crippen LogP contribution is 2.28. The molecular formula is C21H26N2O. The number of carbonyl (C=O) groups excluding carboxylic acids is 1. The van der Waals surface area contributed by atoms with Gasteiger partial charge in [0.05, 0.1) is 0 Å². The fourth-order valence-electron chi connectivity index (χ4n) is 2.72. The maximum Gasteiger partial charge on any atom is 0.159 e. The number of Topliss-reactive ketones (excluding diaryl/α,β-unsaturated/α-hetero) is 1. The highest BCUT2D eigenvalue weighted by atomic mass is 16.1. The molecule has 0 saturated heterocycles. The van der Waals surface area contributed by atoms with E-state index in [1.165, 1.54) is 0 Å². The summed E-state index contributed by atoms with van der Waals surface area (Å²) in [6.07, 6.45) is 2.77. The molecule has 0 aliphatic carbocycles. The zero-order valence-corrected chi connectivity index (χ0v) is 14.9. The first-order valence-corrected chi connectivity index (χ1v) is 8.17. The molecule has 0 radical (unpaired) electrons. The van der Waals surface area contributed by atoms with Crippen molar-refractivity contribution in [2.45, 2.75) is 32.7 Å². The number of nitrogens with two attached hydrogens (primary N) is 1. The molecule has 126 valence electrons. The summed E-state index contributed by atoms with van der Waals surface area (Å²) in [5.74, 6) is 0.0775. The van der Waals surface area contributed by atoms with Gasteiger partial charge in [-0.1, -0.05) is 36.4 Å². The van der Waals surface area contributed by atoms with E-state index >= 15 is 0 Å². The Bertz CT molecular complexity index is 754. The third-order valence-electron chi connectivity index (χ3n) is 3.80.